The maximum atomic E-state index is 14.4. The zero-order chi connectivity index (χ0) is 63.3. The summed E-state index contributed by atoms with van der Waals surface area (Å²) < 4.78 is 20.2. The minimum absolute atomic E-state index is 0.00212. The van der Waals surface area contributed by atoms with Crippen LogP contribution >= 0.6 is 11.8 Å². The molecular weight excluding hydrogens is 1150 g/mol. The summed E-state index contributed by atoms with van der Waals surface area (Å²) in [5.74, 6) is -3.93. The van der Waals surface area contributed by atoms with E-state index in [1.807, 2.05) is 13.0 Å². The summed E-state index contributed by atoms with van der Waals surface area (Å²) in [6.45, 7) is 7.97. The van der Waals surface area contributed by atoms with Gasteiger partial charge in [-0.3, -0.25) is 57.9 Å². The number of nitrogens with zero attached hydrogens (tertiary/aromatic N) is 6. The van der Waals surface area contributed by atoms with Gasteiger partial charge in [-0.05, 0) is 85.5 Å². The van der Waals surface area contributed by atoms with Gasteiger partial charge in [0.25, 0.3) is 11.8 Å². The molecule has 3 aromatic carbocycles. The molecule has 88 heavy (non-hydrogen) atoms. The fraction of sp³-hybridized carbons (Fsp3) is 0.419. The SMILES string of the molecule is CSC1CC(=O)N(CCC(=O)NCCOCCOCCC(=O)N[C@H](C(=O)N[C@@H](C)C(=O)Nc2ccc3c(c2)N2C(=O)c4cc(C)c(OCCCC(=O)Cc5cn(C)c(C(=O)Nc6ccc(-c7cc(C(=O)O)n(C)c7)cc6)n5)cc4N=C[C@@H]2C3)C(C)C)C1=O. The minimum atomic E-state index is -1.03. The Hall–Kier alpha value is -9.01. The van der Waals surface area contributed by atoms with Crippen LogP contribution in [-0.4, -0.2) is 165 Å². The molecule has 2 aromatic heterocycles. The molecule has 6 N–H and O–H groups in total. The van der Waals surface area contributed by atoms with Crippen LogP contribution in [0.3, 0.4) is 0 Å². The number of aromatic carboxylic acids is 1. The molecule has 8 rings (SSSR count). The van der Waals surface area contributed by atoms with Gasteiger partial charge in [0.15, 0.2) is 5.82 Å². The lowest BCUT2D eigenvalue weighted by Crippen LogP contribution is -2.53. The average molecular weight is 1230 g/mol. The Labute approximate surface area is 512 Å². The third-order valence-corrected chi connectivity index (χ3v) is 16.0. The van der Waals surface area contributed by atoms with Crippen LogP contribution in [0.2, 0.25) is 0 Å². The number of nitrogens with one attached hydrogen (secondary N) is 5. The Balaban J connectivity index is 0.735. The highest BCUT2D eigenvalue weighted by atomic mass is 32.2. The standard InChI is InChI=1S/C62H73N11O14S/c1-35(2)55(69-53(76)17-21-85-23-24-86-22-18-63-52(75)16-19-72-54(77)31-51(88-7)61(72)82)58(79)65-37(4)57(78)68-42-15-12-39-26-44-32-64-47-30-50(36(3)25-46(47)60(81)73(44)48(39)29-42)87-20-8-9-45(74)28-43-34-71(6)56(66-43)59(80)67-41-13-10-38(11-14-41)40-27-49(62(83)84)70(5)33-40/h10-15,25,27,29-30,32-35,37,44,51,55H,8-9,16-24,26,28,31H2,1-7H3,(H,63,75)(H,65,79)(H,67,80)(H,68,78)(H,69,76)(H,83,84)/t37-,44-,51?,55-/m0/s1. The van der Waals surface area contributed by atoms with E-state index >= 15 is 0 Å². The van der Waals surface area contributed by atoms with E-state index in [1.54, 1.807) is 117 Å². The van der Waals surface area contributed by atoms with Crippen molar-refractivity contribution in [2.24, 2.45) is 25.0 Å². The van der Waals surface area contributed by atoms with Crippen molar-refractivity contribution in [2.75, 3.05) is 67.9 Å². The quantitative estimate of drug-likeness (QED) is 0.0262. The number of fused-ring (bicyclic) bond motifs is 4. The number of imidazole rings is 1. The van der Waals surface area contributed by atoms with Crippen molar-refractivity contribution >= 4 is 99.7 Å². The van der Waals surface area contributed by atoms with E-state index in [-0.39, 0.29) is 125 Å². The number of hydrogen-bond acceptors (Lipinski definition) is 16. The van der Waals surface area contributed by atoms with Crippen LogP contribution in [0, 0.1) is 12.8 Å². The first kappa shape index (κ1) is 65.0. The maximum Gasteiger partial charge on any atom is 0.352 e. The molecule has 0 saturated carbocycles. The maximum absolute atomic E-state index is 14.4. The molecule has 0 bridgehead atoms. The average Bonchev–Trinajstić information content (AvgIpc) is 1.71. The van der Waals surface area contributed by atoms with E-state index in [1.165, 1.54) is 23.3 Å². The largest absolute Gasteiger partial charge is 0.493 e. The van der Waals surface area contributed by atoms with Crippen LogP contribution in [0.5, 0.6) is 5.75 Å². The molecule has 0 radical (unpaired) electrons. The second-order valence-corrected chi connectivity index (χ2v) is 23.0. The van der Waals surface area contributed by atoms with Gasteiger partial charge in [0.05, 0.1) is 73.4 Å². The number of likely N-dealkylation sites (tertiary alicyclic amines) is 1. The molecule has 1 unspecified atom stereocenters. The summed E-state index contributed by atoms with van der Waals surface area (Å²) in [5.41, 5.74) is 5.93. The van der Waals surface area contributed by atoms with Gasteiger partial charge in [0.2, 0.25) is 35.4 Å². The third-order valence-electron chi connectivity index (χ3n) is 15.0. The van der Waals surface area contributed by atoms with Gasteiger partial charge in [-0.15, -0.1) is 0 Å². The number of anilines is 3. The fourth-order valence-electron chi connectivity index (χ4n) is 10.3. The summed E-state index contributed by atoms with van der Waals surface area (Å²) in [6, 6.07) is 14.9. The van der Waals surface area contributed by atoms with Gasteiger partial charge >= 0.3 is 5.97 Å². The molecule has 0 spiro atoms. The number of aliphatic imine (C=N–C) groups is 1. The Morgan fingerprint density at radius 3 is 2.22 bits per heavy atom. The minimum Gasteiger partial charge on any atom is -0.493 e. The molecule has 3 aliphatic heterocycles. The monoisotopic (exact) mass is 1230 g/mol. The first-order valence-corrected chi connectivity index (χ1v) is 30.2. The number of carbonyl (C=O) groups is 10. The van der Waals surface area contributed by atoms with Gasteiger partial charge in [0.1, 0.15) is 29.3 Å². The van der Waals surface area contributed by atoms with Crippen molar-refractivity contribution in [2.45, 2.75) is 96.0 Å². The fourth-order valence-corrected chi connectivity index (χ4v) is 10.9. The highest BCUT2D eigenvalue weighted by Gasteiger charge is 2.39. The number of rotatable bonds is 30. The molecule has 1 saturated heterocycles. The number of amides is 8. The van der Waals surface area contributed by atoms with Crippen molar-refractivity contribution in [1.29, 1.82) is 0 Å². The van der Waals surface area contributed by atoms with Gasteiger partial charge < -0.3 is 55.0 Å². The lowest BCUT2D eigenvalue weighted by molar-refractivity contribution is -0.138. The number of Topliss-reactive ketones (excluding diaryl/α,β-unsaturated/α-hetero) is 1. The van der Waals surface area contributed by atoms with Crippen molar-refractivity contribution in [1.82, 2.24) is 35.0 Å². The summed E-state index contributed by atoms with van der Waals surface area (Å²) >= 11 is 1.32. The second kappa shape index (κ2) is 29.6. The Morgan fingerprint density at radius 2 is 1.51 bits per heavy atom. The first-order chi connectivity index (χ1) is 42.1. The molecule has 466 valence electrons. The van der Waals surface area contributed by atoms with Crippen LogP contribution < -0.4 is 36.2 Å². The zero-order valence-electron chi connectivity index (χ0n) is 50.1. The normalized spacial score (nSPS) is 15.7. The summed E-state index contributed by atoms with van der Waals surface area (Å²) in [4.78, 5) is 140. The molecule has 1 fully saturated rings. The molecule has 5 heterocycles. The van der Waals surface area contributed by atoms with Gasteiger partial charge in [-0.2, -0.15) is 11.8 Å². The zero-order valence-corrected chi connectivity index (χ0v) is 51.0. The second-order valence-electron chi connectivity index (χ2n) is 22.0. The van der Waals surface area contributed by atoms with Crippen molar-refractivity contribution in [3.05, 3.63) is 107 Å². The number of imide groups is 1. The Kier molecular flexibility index (Phi) is 21.8. The number of hydrogen-bond donors (Lipinski definition) is 6. The number of aryl methyl sites for hydroxylation is 3. The first-order valence-electron chi connectivity index (χ1n) is 28.9. The molecule has 26 heteroatoms. The van der Waals surface area contributed by atoms with Gasteiger partial charge in [-0.25, -0.2) is 9.78 Å². The van der Waals surface area contributed by atoms with Crippen LogP contribution in [-0.2, 0) is 70.0 Å². The number of aromatic nitrogens is 3. The third kappa shape index (κ3) is 16.3. The smallest absolute Gasteiger partial charge is 0.352 e. The van der Waals surface area contributed by atoms with E-state index in [9.17, 15) is 53.1 Å². The van der Waals surface area contributed by atoms with E-state index in [0.717, 1.165) is 21.6 Å². The molecule has 8 amide bonds. The molecule has 3 aliphatic rings. The predicted octanol–water partition coefficient (Wildman–Crippen LogP) is 4.95. The number of benzene rings is 3. The predicted molar refractivity (Wildman–Crippen MR) is 328 cm³/mol. The highest BCUT2D eigenvalue weighted by molar-refractivity contribution is 8.00. The number of carboxylic acids is 1. The number of thioether (sulfide) groups is 1. The van der Waals surface area contributed by atoms with E-state index in [0.29, 0.717) is 58.2 Å². The molecule has 25 nitrogen and oxygen atoms in total. The van der Waals surface area contributed by atoms with Gasteiger partial charge in [-0.1, -0.05) is 32.0 Å². The molecule has 5 aromatic rings. The molecule has 4 atom stereocenters. The lowest BCUT2D eigenvalue weighted by Gasteiger charge is -2.24. The van der Waals surface area contributed by atoms with Crippen LogP contribution in [0.1, 0.15) is 101 Å². The summed E-state index contributed by atoms with van der Waals surface area (Å²) in [7, 11) is 3.33. The Morgan fingerprint density at radius 1 is 0.773 bits per heavy atom. The van der Waals surface area contributed by atoms with Crippen LogP contribution in [0.4, 0.5) is 22.7 Å². The lowest BCUT2D eigenvalue weighted by atomic mass is 10.0. The highest BCUT2D eigenvalue weighted by Crippen LogP contribution is 2.40. The van der Waals surface area contributed by atoms with Crippen LogP contribution in [0.15, 0.2) is 78.0 Å². The van der Waals surface area contributed by atoms with E-state index in [2.05, 4.69) is 31.6 Å². The molecule has 0 aliphatic carbocycles. The van der Waals surface area contributed by atoms with Crippen molar-refractivity contribution in [3.8, 4) is 16.9 Å². The number of carbonyl (C=O) groups excluding carboxylic acids is 9. The number of ether oxygens (including phenoxy) is 3. The number of carboxylic acid groups (broad SMARTS) is 1. The summed E-state index contributed by atoms with van der Waals surface area (Å²) in [5, 5.41) is 22.8. The number of ketones is 1. The van der Waals surface area contributed by atoms with E-state index in [4.69, 9.17) is 19.2 Å². The van der Waals surface area contributed by atoms with Crippen molar-refractivity contribution < 1.29 is 67.3 Å². The van der Waals surface area contributed by atoms with Gasteiger partial charge in [0, 0.05) is 101 Å². The van der Waals surface area contributed by atoms with Crippen molar-refractivity contribution in [3.63, 3.8) is 0 Å². The molecular formula is C62H73N11O14S. The van der Waals surface area contributed by atoms with Crippen LogP contribution in [0.25, 0.3) is 11.1 Å². The van der Waals surface area contributed by atoms with E-state index < -0.39 is 53.0 Å². The topological polar surface area (TPSA) is 320 Å². The summed E-state index contributed by atoms with van der Waals surface area (Å²) in [6.07, 6.45) is 8.02. The Bertz CT molecular complexity index is 3520.